The van der Waals surface area contributed by atoms with Gasteiger partial charge in [-0.25, -0.2) is 0 Å². The van der Waals surface area contributed by atoms with Crippen LogP contribution in [0.2, 0.25) is 0 Å². The van der Waals surface area contributed by atoms with E-state index in [1.165, 1.54) is 19.5 Å². The van der Waals surface area contributed by atoms with Crippen LogP contribution in [0, 0.1) is 0 Å². The summed E-state index contributed by atoms with van der Waals surface area (Å²) in [6.07, 6.45) is 1.78. The quantitative estimate of drug-likeness (QED) is 0.536. The van der Waals surface area contributed by atoms with Crippen LogP contribution in [0.3, 0.4) is 0 Å². The molecule has 3 nitrogen and oxygen atoms in total. The van der Waals surface area contributed by atoms with Crippen molar-refractivity contribution in [3.8, 4) is 0 Å². The lowest BCUT2D eigenvalue weighted by atomic mass is 10.3. The molecule has 0 saturated carbocycles. The van der Waals surface area contributed by atoms with Crippen molar-refractivity contribution in [3.05, 3.63) is 0 Å². The molecule has 0 radical (unpaired) electrons. The molecular formula is C9H20N2O. The van der Waals surface area contributed by atoms with Crippen LogP contribution in [0.15, 0.2) is 0 Å². The third-order valence-corrected chi connectivity index (χ3v) is 2.06. The van der Waals surface area contributed by atoms with Gasteiger partial charge < -0.3 is 14.5 Å². The number of hydrogen-bond acceptors (Lipinski definition) is 3. The minimum Gasteiger partial charge on any atom is -0.372 e. The molecule has 0 aliphatic carbocycles. The molecule has 0 amide bonds. The van der Waals surface area contributed by atoms with E-state index in [9.17, 15) is 0 Å². The summed E-state index contributed by atoms with van der Waals surface area (Å²) in [5, 5.41) is 0. The highest BCUT2D eigenvalue weighted by atomic mass is 16.6. The van der Waals surface area contributed by atoms with Crippen LogP contribution in [0.25, 0.3) is 0 Å². The maximum absolute atomic E-state index is 5.15. The van der Waals surface area contributed by atoms with Gasteiger partial charge in [-0.3, -0.25) is 0 Å². The second kappa shape index (κ2) is 4.80. The van der Waals surface area contributed by atoms with Gasteiger partial charge in [0.2, 0.25) is 0 Å². The van der Waals surface area contributed by atoms with Gasteiger partial charge in [0, 0.05) is 6.54 Å². The molecule has 0 aromatic carbocycles. The first-order valence-corrected chi connectivity index (χ1v) is 4.63. The lowest BCUT2D eigenvalue weighted by Crippen LogP contribution is -2.27. The molecule has 0 N–H and O–H groups in total. The zero-order chi connectivity index (χ0) is 8.97. The monoisotopic (exact) mass is 172 g/mol. The van der Waals surface area contributed by atoms with Gasteiger partial charge in [-0.1, -0.05) is 0 Å². The lowest BCUT2D eigenvalue weighted by molar-refractivity contribution is 0.268. The second-order valence-corrected chi connectivity index (χ2v) is 3.87. The smallest absolute Gasteiger partial charge is 0.0936 e. The highest BCUT2D eigenvalue weighted by molar-refractivity contribution is 4.72. The standard InChI is InChI=1S/C9H20N2O/c1-10(2)5-4-6-11(3)7-9-8-12-9/h9H,4-8H2,1-3H3. The van der Waals surface area contributed by atoms with E-state index in [4.69, 9.17) is 4.74 Å². The summed E-state index contributed by atoms with van der Waals surface area (Å²) in [6, 6.07) is 0. The zero-order valence-corrected chi connectivity index (χ0v) is 8.42. The van der Waals surface area contributed by atoms with Crippen molar-refractivity contribution in [2.75, 3.05) is 47.4 Å². The predicted octanol–water partition coefficient (Wildman–Crippen LogP) is 0.269. The molecule has 0 bridgehead atoms. The third-order valence-electron chi connectivity index (χ3n) is 2.06. The van der Waals surface area contributed by atoms with Gasteiger partial charge in [-0.15, -0.1) is 0 Å². The molecule has 1 atom stereocenters. The fourth-order valence-corrected chi connectivity index (χ4v) is 1.27. The van der Waals surface area contributed by atoms with Gasteiger partial charge in [0.25, 0.3) is 0 Å². The van der Waals surface area contributed by atoms with Gasteiger partial charge in [0.1, 0.15) is 0 Å². The summed E-state index contributed by atoms with van der Waals surface area (Å²) >= 11 is 0. The van der Waals surface area contributed by atoms with Crippen molar-refractivity contribution in [3.63, 3.8) is 0 Å². The molecule has 72 valence electrons. The second-order valence-electron chi connectivity index (χ2n) is 3.87. The Bertz CT molecular complexity index is 124. The normalized spacial score (nSPS) is 22.2. The largest absolute Gasteiger partial charge is 0.372 e. The van der Waals surface area contributed by atoms with E-state index in [-0.39, 0.29) is 0 Å². The summed E-state index contributed by atoms with van der Waals surface area (Å²) in [4.78, 5) is 4.57. The van der Waals surface area contributed by atoms with Crippen molar-refractivity contribution in [2.24, 2.45) is 0 Å². The van der Waals surface area contributed by atoms with Crippen molar-refractivity contribution in [2.45, 2.75) is 12.5 Å². The van der Waals surface area contributed by atoms with Gasteiger partial charge in [0.05, 0.1) is 12.7 Å². The van der Waals surface area contributed by atoms with Crippen molar-refractivity contribution < 1.29 is 4.74 Å². The summed E-state index contributed by atoms with van der Waals surface area (Å²) in [5.74, 6) is 0. The molecule has 0 aromatic rings. The lowest BCUT2D eigenvalue weighted by Gasteiger charge is -2.16. The Morgan fingerprint density at radius 2 is 1.92 bits per heavy atom. The summed E-state index contributed by atoms with van der Waals surface area (Å²) in [6.45, 7) is 4.43. The third kappa shape index (κ3) is 4.70. The predicted molar refractivity (Wildman–Crippen MR) is 50.4 cm³/mol. The van der Waals surface area contributed by atoms with E-state index >= 15 is 0 Å². The molecule has 3 heteroatoms. The van der Waals surface area contributed by atoms with Crippen LogP contribution in [0.4, 0.5) is 0 Å². The number of hydrogen-bond donors (Lipinski definition) is 0. The first kappa shape index (κ1) is 9.96. The molecule has 1 heterocycles. The fraction of sp³-hybridized carbons (Fsp3) is 1.00. The summed E-state index contributed by atoms with van der Waals surface area (Å²) in [5.41, 5.74) is 0. The van der Waals surface area contributed by atoms with Crippen LogP contribution in [-0.4, -0.2) is 63.3 Å². The summed E-state index contributed by atoms with van der Waals surface area (Å²) < 4.78 is 5.15. The molecule has 1 aliphatic heterocycles. The summed E-state index contributed by atoms with van der Waals surface area (Å²) in [7, 11) is 6.39. The van der Waals surface area contributed by atoms with E-state index < -0.39 is 0 Å². The number of nitrogens with zero attached hydrogens (tertiary/aromatic N) is 2. The molecule has 1 saturated heterocycles. The van der Waals surface area contributed by atoms with Crippen LogP contribution in [0.5, 0.6) is 0 Å². The highest BCUT2D eigenvalue weighted by Crippen LogP contribution is 2.09. The van der Waals surface area contributed by atoms with Crippen molar-refractivity contribution >= 4 is 0 Å². The van der Waals surface area contributed by atoms with Gasteiger partial charge in [-0.05, 0) is 40.7 Å². The molecule has 1 fully saturated rings. The van der Waals surface area contributed by atoms with E-state index in [0.717, 1.165) is 13.2 Å². The number of likely N-dealkylation sites (N-methyl/N-ethyl adjacent to an activating group) is 1. The fourth-order valence-electron chi connectivity index (χ4n) is 1.27. The molecular weight excluding hydrogens is 152 g/mol. The van der Waals surface area contributed by atoms with E-state index in [0.29, 0.717) is 6.10 Å². The molecule has 1 rings (SSSR count). The first-order chi connectivity index (χ1) is 5.68. The zero-order valence-electron chi connectivity index (χ0n) is 8.42. The average Bonchev–Trinajstić information content (AvgIpc) is 2.70. The van der Waals surface area contributed by atoms with Crippen molar-refractivity contribution in [1.29, 1.82) is 0 Å². The molecule has 0 aromatic heterocycles. The number of rotatable bonds is 6. The van der Waals surface area contributed by atoms with E-state index in [1.54, 1.807) is 0 Å². The molecule has 1 unspecified atom stereocenters. The van der Waals surface area contributed by atoms with Crippen LogP contribution >= 0.6 is 0 Å². The van der Waals surface area contributed by atoms with Gasteiger partial charge in [0.15, 0.2) is 0 Å². The first-order valence-electron chi connectivity index (χ1n) is 4.63. The Kier molecular flexibility index (Phi) is 3.98. The minimum absolute atomic E-state index is 0.536. The van der Waals surface area contributed by atoms with Gasteiger partial charge in [-0.2, -0.15) is 0 Å². The molecule has 1 aliphatic rings. The highest BCUT2D eigenvalue weighted by Gasteiger charge is 2.23. The van der Waals surface area contributed by atoms with Crippen LogP contribution in [-0.2, 0) is 4.74 Å². The average molecular weight is 172 g/mol. The Balaban J connectivity index is 1.90. The Hall–Kier alpha value is -0.120. The number of epoxide rings is 1. The van der Waals surface area contributed by atoms with Gasteiger partial charge >= 0.3 is 0 Å². The van der Waals surface area contributed by atoms with Crippen molar-refractivity contribution in [1.82, 2.24) is 9.80 Å². The maximum atomic E-state index is 5.15. The molecule has 0 spiro atoms. The van der Waals surface area contributed by atoms with Crippen LogP contribution < -0.4 is 0 Å². The topological polar surface area (TPSA) is 19.0 Å². The van der Waals surface area contributed by atoms with E-state index in [1.807, 2.05) is 0 Å². The Morgan fingerprint density at radius 3 is 2.42 bits per heavy atom. The Labute approximate surface area is 75.3 Å². The Morgan fingerprint density at radius 1 is 1.25 bits per heavy atom. The van der Waals surface area contributed by atoms with E-state index in [2.05, 4.69) is 30.9 Å². The number of ether oxygens (including phenoxy) is 1. The SMILES string of the molecule is CN(C)CCCN(C)CC1CO1. The minimum atomic E-state index is 0.536. The maximum Gasteiger partial charge on any atom is 0.0936 e. The molecule has 12 heavy (non-hydrogen) atoms. The van der Waals surface area contributed by atoms with Crippen LogP contribution in [0.1, 0.15) is 6.42 Å².